The van der Waals surface area contributed by atoms with Crippen LogP contribution in [0.4, 0.5) is 5.69 Å². The van der Waals surface area contributed by atoms with Gasteiger partial charge in [0.2, 0.25) is 0 Å². The first kappa shape index (κ1) is 13.8. The summed E-state index contributed by atoms with van der Waals surface area (Å²) < 4.78 is 0. The lowest BCUT2D eigenvalue weighted by molar-refractivity contribution is -0.385. The molecule has 0 unspecified atom stereocenters. The Morgan fingerprint density at radius 3 is 2.59 bits per heavy atom. The number of nitrogens with one attached hydrogen (secondary N) is 1. The van der Waals surface area contributed by atoms with Crippen molar-refractivity contribution in [3.8, 4) is 0 Å². The normalized spacial score (nSPS) is 10.7. The zero-order valence-electron chi connectivity index (χ0n) is 11.4. The molecule has 0 atom stereocenters. The van der Waals surface area contributed by atoms with Gasteiger partial charge in [-0.05, 0) is 41.1 Å². The summed E-state index contributed by atoms with van der Waals surface area (Å²) in [4.78, 5) is 24.4. The predicted octanol–water partition coefficient (Wildman–Crippen LogP) is 3.37. The molecule has 1 aromatic heterocycles. The van der Waals surface area contributed by atoms with Crippen LogP contribution < -0.4 is 0 Å². The predicted molar refractivity (Wildman–Crippen MR) is 81.2 cm³/mol. The van der Waals surface area contributed by atoms with E-state index in [9.17, 15) is 14.9 Å². The smallest absolute Gasteiger partial charge is 0.342 e. The van der Waals surface area contributed by atoms with Crippen LogP contribution in [0.25, 0.3) is 10.9 Å². The van der Waals surface area contributed by atoms with Crippen LogP contribution in [0.2, 0.25) is 0 Å². The number of fused-ring (bicyclic) bond motifs is 1. The zero-order chi connectivity index (χ0) is 15.7. The van der Waals surface area contributed by atoms with E-state index in [1.54, 1.807) is 6.07 Å². The van der Waals surface area contributed by atoms with Gasteiger partial charge in [0.05, 0.1) is 4.92 Å². The van der Waals surface area contributed by atoms with E-state index in [0.717, 1.165) is 16.5 Å². The van der Waals surface area contributed by atoms with Gasteiger partial charge in [-0.2, -0.15) is 0 Å². The molecule has 0 fully saturated rings. The fraction of sp³-hybridized carbons (Fsp3) is 0.0625. The lowest BCUT2D eigenvalue weighted by atomic mass is 10.0. The fourth-order valence-electron chi connectivity index (χ4n) is 2.46. The van der Waals surface area contributed by atoms with Gasteiger partial charge >= 0.3 is 5.97 Å². The molecule has 0 aliphatic rings. The standard InChI is InChI=1S/C16H12N2O4/c19-16(20)13-8-10(2-4-15(13)18(21)22)7-11-1-3-12-5-6-17-14(12)9-11/h1-6,8-9,17H,7H2,(H,19,20). The van der Waals surface area contributed by atoms with Gasteiger partial charge < -0.3 is 10.1 Å². The lowest BCUT2D eigenvalue weighted by Gasteiger charge is -2.05. The number of aromatic carboxylic acids is 1. The Morgan fingerprint density at radius 2 is 1.86 bits per heavy atom. The number of carboxylic acids is 1. The molecule has 0 amide bonds. The molecule has 110 valence electrons. The molecule has 2 aromatic carbocycles. The number of hydrogen-bond acceptors (Lipinski definition) is 3. The Hall–Kier alpha value is -3.15. The second kappa shape index (κ2) is 5.33. The summed E-state index contributed by atoms with van der Waals surface area (Å²) in [7, 11) is 0. The second-order valence-corrected chi connectivity index (χ2v) is 4.99. The molecule has 0 aliphatic heterocycles. The zero-order valence-corrected chi connectivity index (χ0v) is 11.4. The van der Waals surface area contributed by atoms with Crippen molar-refractivity contribution in [3.05, 3.63) is 75.5 Å². The molecule has 3 aromatic rings. The average Bonchev–Trinajstić information content (AvgIpc) is 2.94. The van der Waals surface area contributed by atoms with E-state index >= 15 is 0 Å². The van der Waals surface area contributed by atoms with Crippen molar-refractivity contribution in [2.45, 2.75) is 6.42 Å². The first-order chi connectivity index (χ1) is 10.5. The van der Waals surface area contributed by atoms with Gasteiger partial charge in [0.1, 0.15) is 5.56 Å². The van der Waals surface area contributed by atoms with Gasteiger partial charge in [-0.15, -0.1) is 0 Å². The molecule has 3 rings (SSSR count). The number of nitro benzene ring substituents is 1. The quantitative estimate of drug-likeness (QED) is 0.570. The van der Waals surface area contributed by atoms with E-state index in [0.29, 0.717) is 12.0 Å². The number of benzene rings is 2. The second-order valence-electron chi connectivity index (χ2n) is 4.99. The topological polar surface area (TPSA) is 96.2 Å². The molecule has 6 nitrogen and oxygen atoms in total. The van der Waals surface area contributed by atoms with Crippen LogP contribution in [0.3, 0.4) is 0 Å². The fourth-order valence-corrected chi connectivity index (χ4v) is 2.46. The van der Waals surface area contributed by atoms with Crippen molar-refractivity contribution in [3.63, 3.8) is 0 Å². The molecular weight excluding hydrogens is 284 g/mol. The molecule has 0 saturated carbocycles. The highest BCUT2D eigenvalue weighted by Gasteiger charge is 2.19. The number of rotatable bonds is 4. The Kier molecular flexibility index (Phi) is 3.34. The first-order valence-electron chi connectivity index (χ1n) is 6.61. The number of aromatic nitrogens is 1. The summed E-state index contributed by atoms with van der Waals surface area (Å²) in [6.07, 6.45) is 2.36. The van der Waals surface area contributed by atoms with E-state index in [4.69, 9.17) is 5.11 Å². The number of carbonyl (C=O) groups is 1. The van der Waals surface area contributed by atoms with Crippen LogP contribution in [-0.4, -0.2) is 21.0 Å². The van der Waals surface area contributed by atoms with E-state index in [-0.39, 0.29) is 5.56 Å². The van der Waals surface area contributed by atoms with Crippen LogP contribution >= 0.6 is 0 Å². The Balaban J connectivity index is 1.96. The molecule has 0 radical (unpaired) electrons. The molecule has 2 N–H and O–H groups in total. The Labute approximate surface area is 125 Å². The van der Waals surface area contributed by atoms with Crippen LogP contribution in [0.1, 0.15) is 21.5 Å². The number of hydrogen-bond donors (Lipinski definition) is 2. The SMILES string of the molecule is O=C(O)c1cc(Cc2ccc3cc[nH]c3c2)ccc1[N+](=O)[O-]. The number of carboxylic acid groups (broad SMARTS) is 1. The molecule has 0 saturated heterocycles. The molecule has 22 heavy (non-hydrogen) atoms. The third-order valence-electron chi connectivity index (χ3n) is 3.52. The van der Waals surface area contributed by atoms with Crippen molar-refractivity contribution in [2.24, 2.45) is 0 Å². The van der Waals surface area contributed by atoms with Crippen molar-refractivity contribution >= 4 is 22.6 Å². The van der Waals surface area contributed by atoms with Gasteiger partial charge in [-0.1, -0.05) is 18.2 Å². The van der Waals surface area contributed by atoms with Crippen LogP contribution in [0.5, 0.6) is 0 Å². The van der Waals surface area contributed by atoms with Crippen molar-refractivity contribution in [1.29, 1.82) is 0 Å². The third kappa shape index (κ3) is 2.54. The van der Waals surface area contributed by atoms with Crippen molar-refractivity contribution in [1.82, 2.24) is 4.98 Å². The molecular formula is C16H12N2O4. The minimum atomic E-state index is -1.30. The Bertz CT molecular complexity index is 883. The number of nitrogens with zero attached hydrogens (tertiary/aromatic N) is 1. The minimum Gasteiger partial charge on any atom is -0.477 e. The Morgan fingerprint density at radius 1 is 1.14 bits per heavy atom. The summed E-state index contributed by atoms with van der Waals surface area (Å²) >= 11 is 0. The van der Waals surface area contributed by atoms with Crippen molar-refractivity contribution < 1.29 is 14.8 Å². The average molecular weight is 296 g/mol. The third-order valence-corrected chi connectivity index (χ3v) is 3.52. The molecule has 6 heteroatoms. The highest BCUT2D eigenvalue weighted by molar-refractivity contribution is 5.92. The maximum absolute atomic E-state index is 11.2. The molecule has 0 spiro atoms. The van der Waals surface area contributed by atoms with Crippen molar-refractivity contribution in [2.75, 3.05) is 0 Å². The summed E-state index contributed by atoms with van der Waals surface area (Å²) in [6, 6.07) is 12.1. The molecule has 0 aliphatic carbocycles. The number of H-pyrrole nitrogens is 1. The van der Waals surface area contributed by atoms with Gasteiger partial charge in [-0.25, -0.2) is 4.79 Å². The monoisotopic (exact) mass is 296 g/mol. The summed E-state index contributed by atoms with van der Waals surface area (Å²) in [5.74, 6) is -1.30. The maximum Gasteiger partial charge on any atom is 0.342 e. The summed E-state index contributed by atoms with van der Waals surface area (Å²) in [5.41, 5.74) is 2.03. The highest BCUT2D eigenvalue weighted by Crippen LogP contribution is 2.23. The van der Waals surface area contributed by atoms with Gasteiger partial charge in [0.15, 0.2) is 0 Å². The van der Waals surface area contributed by atoms with E-state index in [2.05, 4.69) is 4.98 Å². The first-order valence-corrected chi connectivity index (χ1v) is 6.61. The maximum atomic E-state index is 11.2. The highest BCUT2D eigenvalue weighted by atomic mass is 16.6. The summed E-state index contributed by atoms with van der Waals surface area (Å²) in [5, 5.41) is 21.1. The lowest BCUT2D eigenvalue weighted by Crippen LogP contribution is -2.04. The van der Waals surface area contributed by atoms with Gasteiger partial charge in [0, 0.05) is 17.8 Å². The van der Waals surface area contributed by atoms with E-state index < -0.39 is 16.6 Å². The molecule has 0 bridgehead atoms. The number of aromatic amines is 1. The van der Waals surface area contributed by atoms with Gasteiger partial charge in [0.25, 0.3) is 5.69 Å². The van der Waals surface area contributed by atoms with Gasteiger partial charge in [-0.3, -0.25) is 10.1 Å². The summed E-state index contributed by atoms with van der Waals surface area (Å²) in [6.45, 7) is 0. The minimum absolute atomic E-state index is 0.288. The van der Waals surface area contributed by atoms with E-state index in [1.807, 2.05) is 30.5 Å². The van der Waals surface area contributed by atoms with Crippen LogP contribution in [0, 0.1) is 10.1 Å². The largest absolute Gasteiger partial charge is 0.477 e. The van der Waals surface area contributed by atoms with Crippen LogP contribution in [0.15, 0.2) is 48.7 Å². The number of nitro groups is 1. The molecule has 1 heterocycles. The van der Waals surface area contributed by atoms with Crippen LogP contribution in [-0.2, 0) is 6.42 Å². The van der Waals surface area contributed by atoms with E-state index in [1.165, 1.54) is 12.1 Å².